The summed E-state index contributed by atoms with van der Waals surface area (Å²) in [5, 5.41) is 0. The maximum absolute atomic E-state index is 13.0. The van der Waals surface area contributed by atoms with Crippen molar-refractivity contribution in [3.8, 4) is 5.75 Å². The fourth-order valence-electron chi connectivity index (χ4n) is 2.82. The number of carbonyl (C=O) groups is 2. The Morgan fingerprint density at radius 3 is 2.35 bits per heavy atom. The van der Waals surface area contributed by atoms with Crippen molar-refractivity contribution in [1.29, 1.82) is 0 Å². The summed E-state index contributed by atoms with van der Waals surface area (Å²) in [7, 11) is 1.49. The summed E-state index contributed by atoms with van der Waals surface area (Å²) in [6, 6.07) is 15.8. The number of hydrogen-bond acceptors (Lipinski definition) is 5. The Balaban J connectivity index is 1.86. The largest absolute Gasteiger partial charge is 0.496 e. The highest BCUT2D eigenvalue weighted by Gasteiger charge is 2.31. The highest BCUT2D eigenvalue weighted by atomic mass is 16.6. The number of morpholine rings is 1. The molecule has 0 unspecified atom stereocenters. The summed E-state index contributed by atoms with van der Waals surface area (Å²) in [5.41, 5.74) is 0.915. The molecule has 1 amide bonds. The molecule has 26 heavy (non-hydrogen) atoms. The van der Waals surface area contributed by atoms with E-state index >= 15 is 0 Å². The van der Waals surface area contributed by atoms with Gasteiger partial charge in [0.2, 0.25) is 6.10 Å². The van der Waals surface area contributed by atoms with Crippen molar-refractivity contribution in [3.63, 3.8) is 0 Å². The molecule has 2 aromatic carbocycles. The van der Waals surface area contributed by atoms with Gasteiger partial charge in [0.15, 0.2) is 0 Å². The molecule has 0 aromatic heterocycles. The van der Waals surface area contributed by atoms with Gasteiger partial charge in [0.25, 0.3) is 5.91 Å². The predicted molar refractivity (Wildman–Crippen MR) is 95.0 cm³/mol. The zero-order valence-corrected chi connectivity index (χ0v) is 14.6. The Labute approximate surface area is 152 Å². The zero-order valence-electron chi connectivity index (χ0n) is 14.6. The van der Waals surface area contributed by atoms with Crippen LogP contribution in [0.1, 0.15) is 22.0 Å². The zero-order chi connectivity index (χ0) is 18.4. The Hall–Kier alpha value is -2.86. The third-order valence-electron chi connectivity index (χ3n) is 4.20. The summed E-state index contributed by atoms with van der Waals surface area (Å²) < 4.78 is 16.1. The van der Waals surface area contributed by atoms with Gasteiger partial charge in [-0.1, -0.05) is 42.5 Å². The van der Waals surface area contributed by atoms with Crippen LogP contribution in [0, 0.1) is 0 Å². The summed E-state index contributed by atoms with van der Waals surface area (Å²) in [6.45, 7) is 1.92. The molecule has 2 aromatic rings. The van der Waals surface area contributed by atoms with Gasteiger partial charge in [-0.25, -0.2) is 4.79 Å². The number of ether oxygens (including phenoxy) is 3. The average Bonchev–Trinajstić information content (AvgIpc) is 2.72. The lowest BCUT2D eigenvalue weighted by atomic mass is 10.1. The maximum Gasteiger partial charge on any atom is 0.343 e. The molecule has 1 aliphatic heterocycles. The van der Waals surface area contributed by atoms with E-state index in [9.17, 15) is 9.59 Å². The average molecular weight is 355 g/mol. The molecule has 1 heterocycles. The molecule has 0 saturated carbocycles. The second-order valence-electron chi connectivity index (χ2n) is 5.83. The number of benzene rings is 2. The van der Waals surface area contributed by atoms with Crippen LogP contribution in [0.2, 0.25) is 0 Å². The first kappa shape index (κ1) is 17.9. The van der Waals surface area contributed by atoms with E-state index < -0.39 is 12.1 Å². The van der Waals surface area contributed by atoms with Crippen LogP contribution in [-0.4, -0.2) is 50.2 Å². The Morgan fingerprint density at radius 2 is 1.65 bits per heavy atom. The molecule has 0 N–H and O–H groups in total. The van der Waals surface area contributed by atoms with Crippen molar-refractivity contribution in [1.82, 2.24) is 4.90 Å². The van der Waals surface area contributed by atoms with Crippen molar-refractivity contribution < 1.29 is 23.8 Å². The minimum atomic E-state index is -1.01. The number of nitrogens with zero attached hydrogens (tertiary/aromatic N) is 1. The van der Waals surface area contributed by atoms with Crippen LogP contribution in [0.15, 0.2) is 54.6 Å². The molecular formula is C20H21NO5. The van der Waals surface area contributed by atoms with Crippen molar-refractivity contribution in [2.75, 3.05) is 33.4 Å². The smallest absolute Gasteiger partial charge is 0.343 e. The maximum atomic E-state index is 13.0. The van der Waals surface area contributed by atoms with E-state index in [0.29, 0.717) is 37.6 Å². The number of hydrogen-bond donors (Lipinski definition) is 0. The molecule has 1 fully saturated rings. The van der Waals surface area contributed by atoms with Crippen LogP contribution in [0.25, 0.3) is 0 Å². The van der Waals surface area contributed by atoms with E-state index in [2.05, 4.69) is 0 Å². The molecule has 0 aliphatic carbocycles. The number of carbonyl (C=O) groups excluding carboxylic acids is 2. The molecule has 1 saturated heterocycles. The van der Waals surface area contributed by atoms with Gasteiger partial charge >= 0.3 is 5.97 Å². The molecule has 1 atom stereocenters. The van der Waals surface area contributed by atoms with Gasteiger partial charge in [0, 0.05) is 18.7 Å². The molecule has 0 bridgehead atoms. The van der Waals surface area contributed by atoms with Crippen molar-refractivity contribution in [2.45, 2.75) is 6.10 Å². The highest BCUT2D eigenvalue weighted by molar-refractivity contribution is 5.95. The number of esters is 1. The minimum absolute atomic E-state index is 0.247. The first-order chi connectivity index (χ1) is 12.7. The summed E-state index contributed by atoms with van der Waals surface area (Å²) in [5.74, 6) is -0.441. The second kappa shape index (κ2) is 8.49. The summed E-state index contributed by atoms with van der Waals surface area (Å²) in [4.78, 5) is 27.3. The fraction of sp³-hybridized carbons (Fsp3) is 0.300. The van der Waals surface area contributed by atoms with E-state index in [4.69, 9.17) is 14.2 Å². The third-order valence-corrected chi connectivity index (χ3v) is 4.20. The van der Waals surface area contributed by atoms with E-state index in [1.807, 2.05) is 18.2 Å². The first-order valence-electron chi connectivity index (χ1n) is 8.46. The van der Waals surface area contributed by atoms with Crippen LogP contribution < -0.4 is 4.74 Å². The van der Waals surface area contributed by atoms with E-state index in [-0.39, 0.29) is 11.5 Å². The highest BCUT2D eigenvalue weighted by Crippen LogP contribution is 2.25. The number of para-hydroxylation sites is 1. The van der Waals surface area contributed by atoms with Crippen LogP contribution in [0.3, 0.4) is 0 Å². The van der Waals surface area contributed by atoms with Gasteiger partial charge in [0.1, 0.15) is 11.3 Å². The van der Waals surface area contributed by atoms with Crippen LogP contribution in [0.4, 0.5) is 0 Å². The Kier molecular flexibility index (Phi) is 5.86. The van der Waals surface area contributed by atoms with Crippen molar-refractivity contribution in [2.24, 2.45) is 0 Å². The van der Waals surface area contributed by atoms with Gasteiger partial charge in [-0.2, -0.15) is 0 Å². The first-order valence-corrected chi connectivity index (χ1v) is 8.46. The lowest BCUT2D eigenvalue weighted by Gasteiger charge is -2.30. The van der Waals surface area contributed by atoms with E-state index in [1.54, 1.807) is 41.3 Å². The lowest BCUT2D eigenvalue weighted by molar-refractivity contribution is -0.145. The minimum Gasteiger partial charge on any atom is -0.496 e. The second-order valence-corrected chi connectivity index (χ2v) is 5.83. The molecule has 0 radical (unpaired) electrons. The monoisotopic (exact) mass is 355 g/mol. The van der Waals surface area contributed by atoms with E-state index in [0.717, 1.165) is 0 Å². The van der Waals surface area contributed by atoms with Crippen molar-refractivity contribution in [3.05, 3.63) is 65.7 Å². The van der Waals surface area contributed by atoms with Gasteiger partial charge in [-0.3, -0.25) is 4.79 Å². The molecule has 0 spiro atoms. The molecule has 3 rings (SSSR count). The van der Waals surface area contributed by atoms with Crippen LogP contribution in [-0.2, 0) is 14.3 Å². The quantitative estimate of drug-likeness (QED) is 0.771. The lowest BCUT2D eigenvalue weighted by Crippen LogP contribution is -2.44. The van der Waals surface area contributed by atoms with Gasteiger partial charge in [0.05, 0.1) is 20.3 Å². The Bertz CT molecular complexity index is 756. The summed E-state index contributed by atoms with van der Waals surface area (Å²) in [6.07, 6.45) is -1.01. The third kappa shape index (κ3) is 4.03. The SMILES string of the molecule is COc1ccccc1C(=O)O[C@H](C(=O)N1CCOCC1)c1ccccc1. The molecular weight excluding hydrogens is 334 g/mol. The van der Waals surface area contributed by atoms with Gasteiger partial charge < -0.3 is 19.1 Å². The number of rotatable bonds is 5. The molecule has 6 nitrogen and oxygen atoms in total. The van der Waals surface area contributed by atoms with Gasteiger partial charge in [-0.05, 0) is 12.1 Å². The van der Waals surface area contributed by atoms with Crippen LogP contribution in [0.5, 0.6) is 5.75 Å². The number of amides is 1. The molecule has 6 heteroatoms. The number of methoxy groups -OCH3 is 1. The fourth-order valence-corrected chi connectivity index (χ4v) is 2.82. The standard InChI is InChI=1S/C20H21NO5/c1-24-17-10-6-5-9-16(17)20(23)26-18(15-7-3-2-4-8-15)19(22)21-11-13-25-14-12-21/h2-10,18H,11-14H2,1H3/t18-/m0/s1. The predicted octanol–water partition coefficient (Wildman–Crippen LogP) is 2.45. The molecule has 136 valence electrons. The van der Waals surface area contributed by atoms with E-state index in [1.165, 1.54) is 7.11 Å². The van der Waals surface area contributed by atoms with Gasteiger partial charge in [-0.15, -0.1) is 0 Å². The van der Waals surface area contributed by atoms with Crippen molar-refractivity contribution >= 4 is 11.9 Å². The Morgan fingerprint density at radius 1 is 1.00 bits per heavy atom. The topological polar surface area (TPSA) is 65.1 Å². The van der Waals surface area contributed by atoms with Crippen LogP contribution >= 0.6 is 0 Å². The molecule has 1 aliphatic rings. The summed E-state index contributed by atoms with van der Waals surface area (Å²) >= 11 is 0. The normalized spacial score (nSPS) is 15.2.